The van der Waals surface area contributed by atoms with Crippen molar-refractivity contribution in [1.29, 1.82) is 0 Å². The molecule has 0 aromatic heterocycles. The van der Waals surface area contributed by atoms with Gasteiger partial charge in [-0.05, 0) is 6.92 Å². The highest BCUT2D eigenvalue weighted by atomic mass is 16.2. The van der Waals surface area contributed by atoms with Crippen LogP contribution in [-0.2, 0) is 14.4 Å². The summed E-state index contributed by atoms with van der Waals surface area (Å²) in [6.07, 6.45) is 2.18. The van der Waals surface area contributed by atoms with Crippen LogP contribution in [0, 0.1) is 5.41 Å². The summed E-state index contributed by atoms with van der Waals surface area (Å²) in [6.45, 7) is 1.67. The molecule has 74 valence electrons. The van der Waals surface area contributed by atoms with Gasteiger partial charge in [0, 0.05) is 25.6 Å². The number of likely N-dealkylation sites (N-methyl/N-ethyl adjacent to an activating group) is 1. The van der Waals surface area contributed by atoms with Gasteiger partial charge in [-0.2, -0.15) is 0 Å². The number of hydrogen-bond acceptors (Lipinski definition) is 3. The molecule has 1 heterocycles. The number of nitrogens with zero attached hydrogens (tertiary/aromatic N) is 1. The minimum atomic E-state index is -0.888. The van der Waals surface area contributed by atoms with Crippen LogP contribution in [0.25, 0.3) is 0 Å². The van der Waals surface area contributed by atoms with Crippen molar-refractivity contribution >= 4 is 17.5 Å². The van der Waals surface area contributed by atoms with E-state index in [1.165, 1.54) is 4.90 Å². The molecule has 1 saturated heterocycles. The molecular formula is C10H11NO3. The van der Waals surface area contributed by atoms with Gasteiger partial charge in [0.15, 0.2) is 0 Å². The summed E-state index contributed by atoms with van der Waals surface area (Å²) in [5.41, 5.74) is -0.201. The fraction of sp³-hybridized carbons (Fsp3) is 0.500. The Kier molecular flexibility index (Phi) is 1.65. The normalized spacial score (nSPS) is 32.0. The molecule has 0 saturated carbocycles. The SMILES string of the molecule is CN1C(=O)C(=O)[C@]2(C)CC(=O)CC=C12. The second kappa shape index (κ2) is 2.53. The molecule has 0 aromatic carbocycles. The maximum Gasteiger partial charge on any atom is 0.294 e. The van der Waals surface area contributed by atoms with Gasteiger partial charge in [0.25, 0.3) is 5.91 Å². The number of Topliss-reactive ketones (excluding diaryl/α,β-unsaturated/α-hetero) is 2. The van der Waals surface area contributed by atoms with Crippen LogP contribution in [0.15, 0.2) is 11.8 Å². The number of ketones is 2. The minimum absolute atomic E-state index is 0.0210. The molecule has 1 aliphatic carbocycles. The third kappa shape index (κ3) is 0.908. The first-order valence-electron chi connectivity index (χ1n) is 4.51. The standard InChI is InChI=1S/C10H11NO3/c1-10-5-6(12)3-4-7(10)11(2)9(14)8(10)13/h4H,3,5H2,1-2H3/t10-/m1/s1. The Bertz CT molecular complexity index is 383. The number of carbonyl (C=O) groups is 3. The number of likely N-dealkylation sites (tertiary alicyclic amines) is 1. The first-order valence-corrected chi connectivity index (χ1v) is 4.51. The zero-order valence-corrected chi connectivity index (χ0v) is 8.16. The van der Waals surface area contributed by atoms with Gasteiger partial charge in [-0.1, -0.05) is 6.08 Å². The van der Waals surface area contributed by atoms with Crippen molar-refractivity contribution < 1.29 is 14.4 Å². The first-order chi connectivity index (χ1) is 6.47. The van der Waals surface area contributed by atoms with Gasteiger partial charge >= 0.3 is 0 Å². The average Bonchev–Trinajstić information content (AvgIpc) is 2.28. The molecule has 2 rings (SSSR count). The van der Waals surface area contributed by atoms with Crippen molar-refractivity contribution in [1.82, 2.24) is 4.90 Å². The summed E-state index contributed by atoms with van der Waals surface area (Å²) in [5, 5.41) is 0. The fourth-order valence-electron chi connectivity index (χ4n) is 2.19. The Hall–Kier alpha value is -1.45. The highest BCUT2D eigenvalue weighted by Gasteiger charge is 2.53. The van der Waals surface area contributed by atoms with Crippen LogP contribution in [0.4, 0.5) is 0 Å². The highest BCUT2D eigenvalue weighted by molar-refractivity contribution is 6.42. The Morgan fingerprint density at radius 1 is 1.36 bits per heavy atom. The molecule has 1 fully saturated rings. The topological polar surface area (TPSA) is 54.5 Å². The van der Waals surface area contributed by atoms with E-state index in [-0.39, 0.29) is 12.2 Å². The van der Waals surface area contributed by atoms with Crippen LogP contribution in [0.2, 0.25) is 0 Å². The van der Waals surface area contributed by atoms with Crippen LogP contribution in [0.3, 0.4) is 0 Å². The molecule has 0 unspecified atom stereocenters. The Balaban J connectivity index is 2.55. The van der Waals surface area contributed by atoms with Crippen LogP contribution >= 0.6 is 0 Å². The largest absolute Gasteiger partial charge is 0.312 e. The van der Waals surface area contributed by atoms with Crippen molar-refractivity contribution in [3.05, 3.63) is 11.8 Å². The van der Waals surface area contributed by atoms with E-state index in [9.17, 15) is 14.4 Å². The van der Waals surface area contributed by atoms with Crippen molar-refractivity contribution in [2.24, 2.45) is 5.41 Å². The monoisotopic (exact) mass is 193 g/mol. The number of amides is 1. The zero-order valence-electron chi connectivity index (χ0n) is 8.16. The number of carbonyl (C=O) groups excluding carboxylic acids is 3. The van der Waals surface area contributed by atoms with Gasteiger partial charge in [-0.25, -0.2) is 0 Å². The van der Waals surface area contributed by atoms with Gasteiger partial charge in [-0.15, -0.1) is 0 Å². The van der Waals surface area contributed by atoms with Gasteiger partial charge < -0.3 is 4.90 Å². The van der Waals surface area contributed by atoms with Crippen molar-refractivity contribution in [2.45, 2.75) is 19.8 Å². The first kappa shape index (κ1) is 9.12. The molecule has 0 aromatic rings. The van der Waals surface area contributed by atoms with Crippen LogP contribution in [0.1, 0.15) is 19.8 Å². The molecule has 14 heavy (non-hydrogen) atoms. The van der Waals surface area contributed by atoms with Crippen molar-refractivity contribution in [3.63, 3.8) is 0 Å². The second-order valence-corrected chi connectivity index (χ2v) is 4.03. The molecule has 1 amide bonds. The maximum atomic E-state index is 11.6. The maximum absolute atomic E-state index is 11.6. The Morgan fingerprint density at radius 2 is 2.00 bits per heavy atom. The molecule has 2 aliphatic rings. The van der Waals surface area contributed by atoms with E-state index in [2.05, 4.69) is 0 Å². The van der Waals surface area contributed by atoms with E-state index in [1.54, 1.807) is 20.0 Å². The van der Waals surface area contributed by atoms with Gasteiger partial charge in [0.1, 0.15) is 5.78 Å². The summed E-state index contributed by atoms with van der Waals surface area (Å²) in [5.74, 6) is -0.944. The summed E-state index contributed by atoms with van der Waals surface area (Å²) in [6, 6.07) is 0. The predicted molar refractivity (Wildman–Crippen MR) is 48.2 cm³/mol. The summed E-state index contributed by atoms with van der Waals surface area (Å²) in [7, 11) is 1.58. The third-order valence-electron chi connectivity index (χ3n) is 3.00. The van der Waals surface area contributed by atoms with Gasteiger partial charge in [0.05, 0.1) is 5.41 Å². The molecule has 4 heteroatoms. The van der Waals surface area contributed by atoms with E-state index in [0.29, 0.717) is 12.1 Å². The Labute approximate surface area is 81.6 Å². The minimum Gasteiger partial charge on any atom is -0.312 e. The number of fused-ring (bicyclic) bond motifs is 1. The molecule has 0 N–H and O–H groups in total. The molecule has 1 atom stereocenters. The zero-order chi connectivity index (χ0) is 10.5. The molecule has 0 radical (unpaired) electrons. The predicted octanol–water partition coefficient (Wildman–Crippen LogP) is 0.281. The molecule has 4 nitrogen and oxygen atoms in total. The number of allylic oxidation sites excluding steroid dienone is 2. The lowest BCUT2D eigenvalue weighted by atomic mass is 9.76. The summed E-state index contributed by atoms with van der Waals surface area (Å²) in [4.78, 5) is 35.6. The Morgan fingerprint density at radius 3 is 2.64 bits per heavy atom. The van der Waals surface area contributed by atoms with Crippen LogP contribution < -0.4 is 0 Å². The van der Waals surface area contributed by atoms with Gasteiger partial charge in [-0.3, -0.25) is 14.4 Å². The summed E-state index contributed by atoms with van der Waals surface area (Å²) < 4.78 is 0. The summed E-state index contributed by atoms with van der Waals surface area (Å²) >= 11 is 0. The van der Waals surface area contributed by atoms with E-state index < -0.39 is 17.1 Å². The van der Waals surface area contributed by atoms with Gasteiger partial charge in [0.2, 0.25) is 5.78 Å². The average molecular weight is 193 g/mol. The molecule has 0 spiro atoms. The second-order valence-electron chi connectivity index (χ2n) is 4.03. The van der Waals surface area contributed by atoms with Crippen molar-refractivity contribution in [3.8, 4) is 0 Å². The highest BCUT2D eigenvalue weighted by Crippen LogP contribution is 2.43. The lowest BCUT2D eigenvalue weighted by molar-refractivity contribution is -0.142. The van der Waals surface area contributed by atoms with E-state index in [0.717, 1.165) is 0 Å². The lowest BCUT2D eigenvalue weighted by Gasteiger charge is -2.27. The van der Waals surface area contributed by atoms with E-state index in [1.807, 2.05) is 0 Å². The fourth-order valence-corrected chi connectivity index (χ4v) is 2.19. The lowest BCUT2D eigenvalue weighted by Crippen LogP contribution is -2.31. The van der Waals surface area contributed by atoms with E-state index in [4.69, 9.17) is 0 Å². The number of rotatable bonds is 0. The molecular weight excluding hydrogens is 182 g/mol. The molecule has 0 bridgehead atoms. The van der Waals surface area contributed by atoms with E-state index >= 15 is 0 Å². The van der Waals surface area contributed by atoms with Crippen molar-refractivity contribution in [2.75, 3.05) is 7.05 Å². The van der Waals surface area contributed by atoms with Crippen LogP contribution in [0.5, 0.6) is 0 Å². The smallest absolute Gasteiger partial charge is 0.294 e. The third-order valence-corrected chi connectivity index (χ3v) is 3.00. The van der Waals surface area contributed by atoms with Crippen LogP contribution in [-0.4, -0.2) is 29.4 Å². The molecule has 1 aliphatic heterocycles. The number of hydrogen-bond donors (Lipinski definition) is 0. The quantitative estimate of drug-likeness (QED) is 0.519.